The molecule has 0 aliphatic rings. The van der Waals surface area contributed by atoms with Gasteiger partial charge < -0.3 is 0 Å². The lowest BCUT2D eigenvalue weighted by molar-refractivity contribution is 2.37. The lowest BCUT2D eigenvalue weighted by Crippen LogP contribution is -1.28. The van der Waals surface area contributed by atoms with E-state index >= 15 is 0 Å². The highest BCUT2D eigenvalue weighted by molar-refractivity contribution is 8.76. The van der Waals surface area contributed by atoms with Gasteiger partial charge in [-0.2, -0.15) is 11.8 Å². The Labute approximate surface area is 66.0 Å². The highest BCUT2D eigenvalue weighted by Gasteiger charge is 1.55. The fourth-order valence-electron chi connectivity index (χ4n) is 0. The topological polar surface area (TPSA) is 0 Å². The van der Waals surface area contributed by atoms with E-state index in [1.807, 2.05) is 12.5 Å². The summed E-state index contributed by atoms with van der Waals surface area (Å²) in [7, 11) is 3.55. The first-order chi connectivity index (χ1) is 3.33. The molecule has 3 heteroatoms. The number of thioether (sulfide) groups is 1. The molecule has 0 atom stereocenters. The quantitative estimate of drug-likeness (QED) is 0.557. The Hall–Kier alpha value is 1.05. The molecule has 0 fully saturated rings. The van der Waals surface area contributed by atoms with E-state index in [1.54, 1.807) is 33.3 Å². The van der Waals surface area contributed by atoms with Gasteiger partial charge in [0.05, 0.1) is 0 Å². The van der Waals surface area contributed by atoms with E-state index in [2.05, 4.69) is 12.5 Å². The van der Waals surface area contributed by atoms with Gasteiger partial charge in [0.2, 0.25) is 0 Å². The van der Waals surface area contributed by atoms with Crippen LogP contribution >= 0.6 is 33.3 Å². The molecular weight excluding hydrogens is 156 g/mol. The average molecular weight is 172 g/mol. The summed E-state index contributed by atoms with van der Waals surface area (Å²) in [6, 6.07) is 0. The predicted molar refractivity (Wildman–Crippen MR) is 53.2 cm³/mol. The van der Waals surface area contributed by atoms with Gasteiger partial charge in [0.15, 0.2) is 0 Å². The van der Waals surface area contributed by atoms with Crippen LogP contribution < -0.4 is 0 Å². The first-order valence-electron chi connectivity index (χ1n) is 1.80. The normalized spacial score (nSPS) is 6.00. The molecule has 0 heterocycles. The highest BCUT2D eigenvalue weighted by atomic mass is 33.1. The summed E-state index contributed by atoms with van der Waals surface area (Å²) in [5.74, 6) is 0. The Morgan fingerprint density at radius 1 is 0.750 bits per heavy atom. The first kappa shape index (κ1) is 16.0. The Kier molecular flexibility index (Phi) is 48.9. The van der Waals surface area contributed by atoms with E-state index < -0.39 is 0 Å². The second-order valence-electron chi connectivity index (χ2n) is 0.742. The lowest BCUT2D eigenvalue weighted by atomic mass is 11.9. The van der Waals surface area contributed by atoms with E-state index in [-0.39, 0.29) is 7.43 Å². The number of hydrogen-bond acceptors (Lipinski definition) is 3. The van der Waals surface area contributed by atoms with Gasteiger partial charge in [0.1, 0.15) is 0 Å². The van der Waals surface area contributed by atoms with E-state index in [0.29, 0.717) is 0 Å². The van der Waals surface area contributed by atoms with Crippen molar-refractivity contribution in [2.45, 2.75) is 7.43 Å². The molecule has 0 aromatic carbocycles. The largest absolute Gasteiger partial charge is 0.169 e. The van der Waals surface area contributed by atoms with Crippen molar-refractivity contribution in [3.63, 3.8) is 0 Å². The van der Waals surface area contributed by atoms with Crippen LogP contribution in [0.3, 0.4) is 0 Å². The Bertz CT molecular complexity index is 15.1. The molecule has 8 heavy (non-hydrogen) atoms. The van der Waals surface area contributed by atoms with Gasteiger partial charge in [0, 0.05) is 0 Å². The third-order valence-electron chi connectivity index (χ3n) is 0.167. The number of hydrogen-bond donors (Lipinski definition) is 0. The summed E-state index contributed by atoms with van der Waals surface area (Å²) in [5, 5.41) is 0. The summed E-state index contributed by atoms with van der Waals surface area (Å²) in [5.41, 5.74) is 0. The zero-order valence-corrected chi connectivity index (χ0v) is 7.67. The van der Waals surface area contributed by atoms with Crippen LogP contribution in [0.25, 0.3) is 0 Å². The minimum absolute atomic E-state index is 0. The van der Waals surface area contributed by atoms with Gasteiger partial charge in [-0.3, -0.25) is 0 Å². The van der Waals surface area contributed by atoms with E-state index in [1.165, 1.54) is 0 Å². The van der Waals surface area contributed by atoms with Gasteiger partial charge >= 0.3 is 0 Å². The standard InChI is InChI=1S/C2H6S2.C2H6S.CH4/c1-3-4-2;1-3-2;/h1-2H3;1-2H3;1H4. The minimum Gasteiger partial charge on any atom is -0.169 e. The van der Waals surface area contributed by atoms with E-state index in [4.69, 9.17) is 0 Å². The molecule has 0 aliphatic carbocycles. The van der Waals surface area contributed by atoms with E-state index in [9.17, 15) is 0 Å². The van der Waals surface area contributed by atoms with Crippen LogP contribution in [0.15, 0.2) is 0 Å². The van der Waals surface area contributed by atoms with Gasteiger partial charge in [0.25, 0.3) is 0 Å². The van der Waals surface area contributed by atoms with Gasteiger partial charge in [-0.1, -0.05) is 29.0 Å². The van der Waals surface area contributed by atoms with E-state index in [0.717, 1.165) is 0 Å². The van der Waals surface area contributed by atoms with Crippen LogP contribution in [0.1, 0.15) is 7.43 Å². The maximum Gasteiger partial charge on any atom is -0.00793 e. The van der Waals surface area contributed by atoms with Crippen molar-refractivity contribution >= 4 is 33.3 Å². The minimum atomic E-state index is 0. The monoisotopic (exact) mass is 172 g/mol. The second-order valence-corrected chi connectivity index (χ2v) is 4.22. The van der Waals surface area contributed by atoms with Crippen LogP contribution in [-0.4, -0.2) is 25.0 Å². The van der Waals surface area contributed by atoms with Crippen molar-refractivity contribution < 1.29 is 0 Å². The first-order valence-corrected chi connectivity index (χ1v) is 6.40. The summed E-state index contributed by atoms with van der Waals surface area (Å²) in [6.07, 6.45) is 8.20. The Morgan fingerprint density at radius 2 is 0.875 bits per heavy atom. The molecule has 0 N–H and O–H groups in total. The Morgan fingerprint density at radius 3 is 0.875 bits per heavy atom. The molecule has 0 rings (SSSR count). The zero-order valence-electron chi connectivity index (χ0n) is 5.22. The van der Waals surface area contributed by atoms with Crippen LogP contribution in [0.5, 0.6) is 0 Å². The molecule has 0 bridgehead atoms. The SMILES string of the molecule is C.CSC.CSSC. The van der Waals surface area contributed by atoms with Gasteiger partial charge in [-0.25, -0.2) is 0 Å². The van der Waals surface area contributed by atoms with Crippen molar-refractivity contribution in [2.75, 3.05) is 25.0 Å². The summed E-state index contributed by atoms with van der Waals surface area (Å²) >= 11 is 1.75. The third-order valence-corrected chi connectivity index (χ3v) is 1.50. The molecule has 0 aromatic heterocycles. The fraction of sp³-hybridized carbons (Fsp3) is 1.00. The average Bonchev–Trinajstić information content (AvgIpc) is 1.69. The molecule has 0 nitrogen and oxygen atoms in total. The van der Waals surface area contributed by atoms with Crippen molar-refractivity contribution in [1.82, 2.24) is 0 Å². The molecule has 54 valence electrons. The second kappa shape index (κ2) is 24.4. The molecule has 0 spiro atoms. The molecule has 0 aromatic rings. The van der Waals surface area contributed by atoms with Crippen molar-refractivity contribution in [1.29, 1.82) is 0 Å². The smallest absolute Gasteiger partial charge is 0.00793 e. The summed E-state index contributed by atoms with van der Waals surface area (Å²) < 4.78 is 0. The maximum atomic E-state index is 2.06. The number of rotatable bonds is 1. The van der Waals surface area contributed by atoms with Crippen molar-refractivity contribution in [3.05, 3.63) is 0 Å². The van der Waals surface area contributed by atoms with Crippen LogP contribution in [0, 0.1) is 0 Å². The van der Waals surface area contributed by atoms with Gasteiger partial charge in [-0.15, -0.1) is 0 Å². The predicted octanol–water partition coefficient (Wildman–Crippen LogP) is 3.24. The molecule has 0 saturated heterocycles. The van der Waals surface area contributed by atoms with Gasteiger partial charge in [-0.05, 0) is 25.0 Å². The summed E-state index contributed by atoms with van der Waals surface area (Å²) in [6.45, 7) is 0. The third kappa shape index (κ3) is 61.4. The lowest BCUT2D eigenvalue weighted by Gasteiger charge is -1.69. The van der Waals surface area contributed by atoms with Crippen LogP contribution in [0.4, 0.5) is 0 Å². The highest BCUT2D eigenvalue weighted by Crippen LogP contribution is 2.09. The fourth-order valence-corrected chi connectivity index (χ4v) is 0. The molecule has 0 radical (unpaired) electrons. The maximum absolute atomic E-state index is 2.06. The van der Waals surface area contributed by atoms with Crippen LogP contribution in [-0.2, 0) is 0 Å². The van der Waals surface area contributed by atoms with Crippen LogP contribution in [0.2, 0.25) is 0 Å². The van der Waals surface area contributed by atoms with Crippen molar-refractivity contribution in [3.8, 4) is 0 Å². The Balaban J connectivity index is -0.0000000575. The molecule has 0 amide bonds. The summed E-state index contributed by atoms with van der Waals surface area (Å²) in [4.78, 5) is 0. The zero-order chi connectivity index (χ0) is 6.12. The van der Waals surface area contributed by atoms with Crippen molar-refractivity contribution in [2.24, 2.45) is 0 Å². The molecule has 0 unspecified atom stereocenters. The molecule has 0 aliphatic heterocycles. The molecular formula is C5H16S3. The molecule has 0 saturated carbocycles.